The highest BCUT2D eigenvalue weighted by Gasteiger charge is 2.66. The predicted molar refractivity (Wildman–Crippen MR) is 102 cm³/mol. The van der Waals surface area contributed by atoms with Gasteiger partial charge in [-0.3, -0.25) is 4.79 Å². The van der Waals surface area contributed by atoms with E-state index in [1.165, 1.54) is 0 Å². The molecule has 1 amide bonds. The van der Waals surface area contributed by atoms with Gasteiger partial charge in [-0.1, -0.05) is 42.5 Å². The maximum Gasteiger partial charge on any atom is 0.243 e. The second-order valence-electron chi connectivity index (χ2n) is 7.43. The number of allylic oxidation sites excluding steroid dienone is 2. The van der Waals surface area contributed by atoms with Crippen molar-refractivity contribution in [1.82, 2.24) is 5.43 Å². The zero-order valence-corrected chi connectivity index (χ0v) is 15.5. The molecule has 5 heteroatoms. The van der Waals surface area contributed by atoms with Crippen molar-refractivity contribution >= 4 is 35.3 Å². The quantitative estimate of drug-likeness (QED) is 0.354. The number of nitrogens with zero attached hydrogens (tertiary/aromatic N) is 1. The minimum Gasteiger partial charge on any atom is -0.273 e. The van der Waals surface area contributed by atoms with Crippen LogP contribution in [0.4, 0.5) is 0 Å². The Balaban J connectivity index is 1.40. The molecule has 0 aliphatic heterocycles. The Morgan fingerprint density at radius 3 is 2.28 bits per heavy atom. The summed E-state index contributed by atoms with van der Waals surface area (Å²) in [6, 6.07) is 9.87. The summed E-state index contributed by atoms with van der Waals surface area (Å²) in [6.07, 6.45) is 11.1. The standard InChI is InChI=1S/C20H22Cl2N2O/c21-20(22)12-19(20,14-8-4-3-5-9-14)13-23-24-18(25)17-15-10-6-1-2-7-11-16(15)17/h1-5,8-9,13,15-17H,6-7,10-12H2,(H,24,25)/b2-1-,23-13-/t15-,16-,19+/m0/s1. The molecule has 0 bridgehead atoms. The number of fused-ring (bicyclic) bond motifs is 1. The molecule has 1 aromatic rings. The monoisotopic (exact) mass is 376 g/mol. The number of hydrazone groups is 1. The van der Waals surface area contributed by atoms with Crippen LogP contribution in [0.25, 0.3) is 0 Å². The predicted octanol–water partition coefficient (Wildman–Crippen LogP) is 4.60. The van der Waals surface area contributed by atoms with Crippen molar-refractivity contribution in [1.29, 1.82) is 0 Å². The maximum absolute atomic E-state index is 12.5. The van der Waals surface area contributed by atoms with Crippen molar-refractivity contribution in [2.24, 2.45) is 22.9 Å². The first-order valence-electron chi connectivity index (χ1n) is 8.98. The van der Waals surface area contributed by atoms with Gasteiger partial charge in [-0.05, 0) is 49.5 Å². The second-order valence-corrected chi connectivity index (χ2v) is 8.92. The van der Waals surface area contributed by atoms with Gasteiger partial charge in [0.05, 0.1) is 5.41 Å². The molecule has 2 fully saturated rings. The van der Waals surface area contributed by atoms with E-state index in [0.717, 1.165) is 31.2 Å². The average molecular weight is 377 g/mol. The number of carbonyl (C=O) groups excluding carboxylic acids is 1. The highest BCUT2D eigenvalue weighted by atomic mass is 35.5. The van der Waals surface area contributed by atoms with Crippen LogP contribution >= 0.6 is 23.2 Å². The van der Waals surface area contributed by atoms with Crippen molar-refractivity contribution in [2.45, 2.75) is 41.9 Å². The number of alkyl halides is 2. The molecule has 0 aromatic heterocycles. The molecule has 4 rings (SSSR count). The largest absolute Gasteiger partial charge is 0.273 e. The lowest BCUT2D eigenvalue weighted by Gasteiger charge is -2.13. The number of amides is 1. The molecule has 0 heterocycles. The highest BCUT2D eigenvalue weighted by molar-refractivity contribution is 6.53. The summed E-state index contributed by atoms with van der Waals surface area (Å²) >= 11 is 12.8. The van der Waals surface area contributed by atoms with E-state index in [1.807, 2.05) is 30.3 Å². The van der Waals surface area contributed by atoms with E-state index in [9.17, 15) is 4.79 Å². The fourth-order valence-electron chi connectivity index (χ4n) is 4.28. The SMILES string of the molecule is O=C(N/N=C\[C@@]1(c2ccccc2)CC1(Cl)Cl)C1[C@H]2CC/C=C\CC[C@H]12. The summed E-state index contributed by atoms with van der Waals surface area (Å²) in [5, 5.41) is 4.23. The van der Waals surface area contributed by atoms with Crippen LogP contribution in [-0.2, 0) is 10.2 Å². The van der Waals surface area contributed by atoms with Gasteiger partial charge in [0.2, 0.25) is 5.91 Å². The lowest BCUT2D eigenvalue weighted by molar-refractivity contribution is -0.122. The van der Waals surface area contributed by atoms with E-state index in [-0.39, 0.29) is 11.8 Å². The molecule has 0 unspecified atom stereocenters. The van der Waals surface area contributed by atoms with Crippen LogP contribution in [0.5, 0.6) is 0 Å². The molecular weight excluding hydrogens is 355 g/mol. The van der Waals surface area contributed by atoms with Crippen molar-refractivity contribution in [3.63, 3.8) is 0 Å². The first-order valence-corrected chi connectivity index (χ1v) is 9.73. The van der Waals surface area contributed by atoms with Crippen LogP contribution in [0.2, 0.25) is 0 Å². The molecule has 2 saturated carbocycles. The Labute approximate surface area is 158 Å². The second kappa shape index (κ2) is 6.44. The molecule has 25 heavy (non-hydrogen) atoms. The van der Waals surface area contributed by atoms with Gasteiger partial charge in [-0.25, -0.2) is 5.43 Å². The Morgan fingerprint density at radius 1 is 1.12 bits per heavy atom. The molecule has 132 valence electrons. The lowest BCUT2D eigenvalue weighted by Crippen LogP contribution is -2.24. The zero-order valence-electron chi connectivity index (χ0n) is 14.0. The zero-order chi connectivity index (χ0) is 17.5. The van der Waals surface area contributed by atoms with E-state index in [2.05, 4.69) is 22.7 Å². The summed E-state index contributed by atoms with van der Waals surface area (Å²) in [4.78, 5) is 12.5. The van der Waals surface area contributed by atoms with Crippen molar-refractivity contribution in [3.8, 4) is 0 Å². The molecule has 1 aromatic carbocycles. The molecule has 3 atom stereocenters. The first kappa shape index (κ1) is 17.1. The lowest BCUT2D eigenvalue weighted by atomic mass is 9.97. The molecule has 0 spiro atoms. The number of rotatable bonds is 4. The number of hydrogen-bond donors (Lipinski definition) is 1. The topological polar surface area (TPSA) is 41.5 Å². The number of carbonyl (C=O) groups is 1. The molecule has 3 nitrogen and oxygen atoms in total. The van der Waals surface area contributed by atoms with Gasteiger partial charge in [0, 0.05) is 12.1 Å². The fourth-order valence-corrected chi connectivity index (χ4v) is 5.02. The van der Waals surface area contributed by atoms with Crippen molar-refractivity contribution < 1.29 is 4.79 Å². The number of benzene rings is 1. The third-order valence-electron chi connectivity index (χ3n) is 5.91. The normalized spacial score (nSPS) is 36.8. The van der Waals surface area contributed by atoms with E-state index >= 15 is 0 Å². The molecule has 3 aliphatic carbocycles. The van der Waals surface area contributed by atoms with Gasteiger partial charge in [-0.15, -0.1) is 23.2 Å². The van der Waals surface area contributed by atoms with E-state index in [1.54, 1.807) is 6.21 Å². The van der Waals surface area contributed by atoms with Crippen LogP contribution < -0.4 is 5.43 Å². The van der Waals surface area contributed by atoms with Crippen molar-refractivity contribution in [2.75, 3.05) is 0 Å². The summed E-state index contributed by atoms with van der Waals surface area (Å²) in [5.74, 6) is 1.18. The molecular formula is C20H22Cl2N2O. The van der Waals surface area contributed by atoms with E-state index in [0.29, 0.717) is 18.3 Å². The van der Waals surface area contributed by atoms with E-state index < -0.39 is 9.75 Å². The molecule has 3 aliphatic rings. The molecule has 0 saturated heterocycles. The summed E-state index contributed by atoms with van der Waals surface area (Å²) in [6.45, 7) is 0. The van der Waals surface area contributed by atoms with E-state index in [4.69, 9.17) is 23.2 Å². The minimum absolute atomic E-state index is 0.0340. The third kappa shape index (κ3) is 3.13. The average Bonchev–Trinajstić information content (AvgIpc) is 3.41. The van der Waals surface area contributed by atoms with Crippen LogP contribution in [0.1, 0.15) is 37.7 Å². The first-order chi connectivity index (χ1) is 12.1. The van der Waals surface area contributed by atoms with Gasteiger partial charge in [0.15, 0.2) is 0 Å². The Hall–Kier alpha value is -1.32. The Morgan fingerprint density at radius 2 is 1.72 bits per heavy atom. The van der Waals surface area contributed by atoms with Gasteiger partial charge >= 0.3 is 0 Å². The molecule has 0 radical (unpaired) electrons. The van der Waals surface area contributed by atoms with Crippen LogP contribution in [-0.4, -0.2) is 16.5 Å². The fraction of sp³-hybridized carbons (Fsp3) is 0.500. The van der Waals surface area contributed by atoms with Crippen LogP contribution in [0.3, 0.4) is 0 Å². The maximum atomic E-state index is 12.5. The van der Waals surface area contributed by atoms with Crippen LogP contribution in [0, 0.1) is 17.8 Å². The molecule has 1 N–H and O–H groups in total. The summed E-state index contributed by atoms with van der Waals surface area (Å²) in [5.41, 5.74) is 3.25. The van der Waals surface area contributed by atoms with Gasteiger partial charge in [-0.2, -0.15) is 5.10 Å². The summed E-state index contributed by atoms with van der Waals surface area (Å²) in [7, 11) is 0. The minimum atomic E-state index is -0.863. The number of nitrogens with one attached hydrogen (secondary N) is 1. The highest BCUT2D eigenvalue weighted by Crippen LogP contribution is 2.63. The third-order valence-corrected chi connectivity index (χ3v) is 6.85. The number of halogens is 2. The Kier molecular flexibility index (Phi) is 4.41. The van der Waals surface area contributed by atoms with Gasteiger partial charge in [0.1, 0.15) is 4.33 Å². The number of hydrogen-bond acceptors (Lipinski definition) is 2. The van der Waals surface area contributed by atoms with Gasteiger partial charge < -0.3 is 0 Å². The Bertz CT molecular complexity index is 700. The van der Waals surface area contributed by atoms with Crippen molar-refractivity contribution in [3.05, 3.63) is 48.0 Å². The van der Waals surface area contributed by atoms with Gasteiger partial charge in [0.25, 0.3) is 0 Å². The van der Waals surface area contributed by atoms with Crippen LogP contribution in [0.15, 0.2) is 47.6 Å². The smallest absolute Gasteiger partial charge is 0.243 e. The summed E-state index contributed by atoms with van der Waals surface area (Å²) < 4.78 is -0.863.